The fourth-order valence-corrected chi connectivity index (χ4v) is 2.51. The number of aliphatic hydroxyl groups is 1. The van der Waals surface area contributed by atoms with Crippen molar-refractivity contribution in [2.24, 2.45) is 0 Å². The predicted molar refractivity (Wildman–Crippen MR) is 64.8 cm³/mol. The van der Waals surface area contributed by atoms with Crippen molar-refractivity contribution in [2.75, 3.05) is 19.3 Å². The van der Waals surface area contributed by atoms with Gasteiger partial charge in [-0.25, -0.2) is 0 Å². The van der Waals surface area contributed by atoms with Gasteiger partial charge in [-0.05, 0) is 24.8 Å². The summed E-state index contributed by atoms with van der Waals surface area (Å²) in [7, 11) is 0. The van der Waals surface area contributed by atoms with Crippen molar-refractivity contribution < 1.29 is 9.90 Å². The maximum absolute atomic E-state index is 12.2. The Morgan fingerprint density at radius 1 is 1.50 bits per heavy atom. The van der Waals surface area contributed by atoms with E-state index in [4.69, 9.17) is 0 Å². The van der Waals surface area contributed by atoms with Gasteiger partial charge in [-0.15, -0.1) is 11.8 Å². The molecule has 2 rings (SSSR count). The molecular weight excluding hydrogens is 222 g/mol. The van der Waals surface area contributed by atoms with Gasteiger partial charge in [0.05, 0.1) is 11.7 Å². The van der Waals surface area contributed by atoms with Crippen molar-refractivity contribution in [1.82, 2.24) is 4.90 Å². The summed E-state index contributed by atoms with van der Waals surface area (Å²) in [5.74, 6) is 0.0292. The minimum atomic E-state index is -0.356. The topological polar surface area (TPSA) is 40.5 Å². The van der Waals surface area contributed by atoms with Crippen LogP contribution in [0.15, 0.2) is 29.2 Å². The van der Waals surface area contributed by atoms with Gasteiger partial charge in [-0.2, -0.15) is 0 Å². The van der Waals surface area contributed by atoms with Crippen molar-refractivity contribution in [3.8, 4) is 0 Å². The number of carbonyl (C=O) groups is 1. The lowest BCUT2D eigenvalue weighted by Gasteiger charge is -2.17. The van der Waals surface area contributed by atoms with Crippen LogP contribution in [0.25, 0.3) is 0 Å². The van der Waals surface area contributed by atoms with Gasteiger partial charge in [0.1, 0.15) is 0 Å². The Balaban J connectivity index is 2.20. The van der Waals surface area contributed by atoms with E-state index in [-0.39, 0.29) is 12.0 Å². The van der Waals surface area contributed by atoms with Gasteiger partial charge >= 0.3 is 0 Å². The number of likely N-dealkylation sites (tertiary alicyclic amines) is 1. The number of β-amino-alcohol motifs (C(OH)–C–C–N with tert-alkyl or cyclic N) is 1. The standard InChI is InChI=1S/C12H15NO2S/c1-16-11-5-3-2-4-10(11)12(15)13-7-6-9(14)8-13/h2-5,9,14H,6-8H2,1H3. The molecule has 1 aliphatic rings. The van der Waals surface area contributed by atoms with E-state index in [1.54, 1.807) is 16.7 Å². The Kier molecular flexibility index (Phi) is 3.51. The summed E-state index contributed by atoms with van der Waals surface area (Å²) in [4.78, 5) is 14.9. The SMILES string of the molecule is CSc1ccccc1C(=O)N1CCC(O)C1. The van der Waals surface area contributed by atoms with Gasteiger partial charge in [0.25, 0.3) is 5.91 Å². The molecule has 1 aromatic rings. The minimum absolute atomic E-state index is 0.0292. The van der Waals surface area contributed by atoms with Crippen molar-refractivity contribution in [3.63, 3.8) is 0 Å². The molecule has 0 saturated carbocycles. The second-order valence-electron chi connectivity index (χ2n) is 3.89. The minimum Gasteiger partial charge on any atom is -0.391 e. The first-order valence-electron chi connectivity index (χ1n) is 5.32. The van der Waals surface area contributed by atoms with E-state index in [2.05, 4.69) is 0 Å². The van der Waals surface area contributed by atoms with E-state index >= 15 is 0 Å². The lowest BCUT2D eigenvalue weighted by Crippen LogP contribution is -2.29. The quantitative estimate of drug-likeness (QED) is 0.795. The van der Waals surface area contributed by atoms with Crippen LogP contribution in [0.3, 0.4) is 0 Å². The highest BCUT2D eigenvalue weighted by Crippen LogP contribution is 2.22. The summed E-state index contributed by atoms with van der Waals surface area (Å²) in [6, 6.07) is 7.60. The molecule has 0 radical (unpaired) electrons. The highest BCUT2D eigenvalue weighted by Gasteiger charge is 2.26. The number of thioether (sulfide) groups is 1. The Morgan fingerprint density at radius 3 is 2.88 bits per heavy atom. The number of amides is 1. The average Bonchev–Trinajstić information content (AvgIpc) is 2.75. The first kappa shape index (κ1) is 11.5. The molecule has 1 saturated heterocycles. The third-order valence-electron chi connectivity index (χ3n) is 2.79. The Morgan fingerprint density at radius 2 is 2.25 bits per heavy atom. The van der Waals surface area contributed by atoms with Crippen molar-refractivity contribution in [3.05, 3.63) is 29.8 Å². The van der Waals surface area contributed by atoms with Crippen LogP contribution in [-0.2, 0) is 0 Å². The summed E-state index contributed by atoms with van der Waals surface area (Å²) in [6.45, 7) is 1.12. The summed E-state index contributed by atoms with van der Waals surface area (Å²) in [5.41, 5.74) is 0.740. The summed E-state index contributed by atoms with van der Waals surface area (Å²) >= 11 is 1.57. The number of hydrogen-bond donors (Lipinski definition) is 1. The largest absolute Gasteiger partial charge is 0.391 e. The van der Waals surface area contributed by atoms with Gasteiger partial charge in [0, 0.05) is 18.0 Å². The van der Waals surface area contributed by atoms with Gasteiger partial charge in [0.15, 0.2) is 0 Å². The normalized spacial score (nSPS) is 20.1. The molecule has 4 heteroatoms. The predicted octanol–water partition coefficient (Wildman–Crippen LogP) is 1.62. The molecule has 0 aromatic heterocycles. The lowest BCUT2D eigenvalue weighted by atomic mass is 10.2. The number of hydrogen-bond acceptors (Lipinski definition) is 3. The smallest absolute Gasteiger partial charge is 0.255 e. The van der Waals surface area contributed by atoms with Crippen LogP contribution < -0.4 is 0 Å². The van der Waals surface area contributed by atoms with E-state index in [0.717, 1.165) is 10.5 Å². The van der Waals surface area contributed by atoms with Gasteiger partial charge in [0.2, 0.25) is 0 Å². The van der Waals surface area contributed by atoms with Crippen LogP contribution in [0.5, 0.6) is 0 Å². The molecule has 1 aromatic carbocycles. The highest BCUT2D eigenvalue weighted by atomic mass is 32.2. The molecule has 0 bridgehead atoms. The molecule has 0 spiro atoms. The van der Waals surface area contributed by atoms with E-state index < -0.39 is 0 Å². The van der Waals surface area contributed by atoms with E-state index in [9.17, 15) is 9.90 Å². The lowest BCUT2D eigenvalue weighted by molar-refractivity contribution is 0.0761. The molecule has 86 valence electrons. The van der Waals surface area contributed by atoms with Crippen LogP contribution in [0.1, 0.15) is 16.8 Å². The van der Waals surface area contributed by atoms with Gasteiger partial charge in [-0.1, -0.05) is 12.1 Å². The molecule has 1 aliphatic heterocycles. The first-order chi connectivity index (χ1) is 7.72. The first-order valence-corrected chi connectivity index (χ1v) is 6.55. The van der Waals surface area contributed by atoms with Crippen molar-refractivity contribution >= 4 is 17.7 Å². The van der Waals surface area contributed by atoms with E-state index in [1.165, 1.54) is 0 Å². The number of nitrogens with zero attached hydrogens (tertiary/aromatic N) is 1. The third-order valence-corrected chi connectivity index (χ3v) is 3.58. The van der Waals surface area contributed by atoms with Crippen LogP contribution in [-0.4, -0.2) is 41.4 Å². The molecule has 0 aliphatic carbocycles. The molecule has 1 unspecified atom stereocenters. The summed E-state index contributed by atoms with van der Waals surface area (Å²) < 4.78 is 0. The maximum Gasteiger partial charge on any atom is 0.255 e. The molecule has 3 nitrogen and oxygen atoms in total. The second kappa shape index (κ2) is 4.89. The summed E-state index contributed by atoms with van der Waals surface area (Å²) in [5, 5.41) is 9.42. The van der Waals surface area contributed by atoms with E-state index in [1.807, 2.05) is 30.5 Å². The molecule has 1 atom stereocenters. The van der Waals surface area contributed by atoms with Crippen molar-refractivity contribution in [2.45, 2.75) is 17.4 Å². The maximum atomic E-state index is 12.2. The Labute approximate surface area is 99.5 Å². The fourth-order valence-electron chi connectivity index (χ4n) is 1.92. The van der Waals surface area contributed by atoms with Crippen LogP contribution in [0, 0.1) is 0 Å². The molecule has 1 heterocycles. The number of aliphatic hydroxyl groups excluding tert-OH is 1. The summed E-state index contributed by atoms with van der Waals surface area (Å²) in [6.07, 6.45) is 2.29. The molecule has 1 N–H and O–H groups in total. The highest BCUT2D eigenvalue weighted by molar-refractivity contribution is 7.98. The van der Waals surface area contributed by atoms with Crippen LogP contribution >= 0.6 is 11.8 Å². The molecule has 16 heavy (non-hydrogen) atoms. The second-order valence-corrected chi connectivity index (χ2v) is 4.74. The number of benzene rings is 1. The third kappa shape index (κ3) is 2.23. The van der Waals surface area contributed by atoms with Crippen molar-refractivity contribution in [1.29, 1.82) is 0 Å². The van der Waals surface area contributed by atoms with E-state index in [0.29, 0.717) is 19.5 Å². The molecular formula is C12H15NO2S. The van der Waals surface area contributed by atoms with Gasteiger partial charge in [-0.3, -0.25) is 4.79 Å². The number of carbonyl (C=O) groups excluding carboxylic acids is 1. The zero-order chi connectivity index (χ0) is 11.5. The Hall–Kier alpha value is -1.00. The van der Waals surface area contributed by atoms with Crippen LogP contribution in [0.2, 0.25) is 0 Å². The van der Waals surface area contributed by atoms with Gasteiger partial charge < -0.3 is 10.0 Å². The average molecular weight is 237 g/mol. The van der Waals surface area contributed by atoms with Crippen LogP contribution in [0.4, 0.5) is 0 Å². The zero-order valence-corrected chi connectivity index (χ0v) is 10.0. The zero-order valence-electron chi connectivity index (χ0n) is 9.22. The molecule has 1 amide bonds. The Bertz CT molecular complexity index is 394. The fraction of sp³-hybridized carbons (Fsp3) is 0.417. The molecule has 1 fully saturated rings. The monoisotopic (exact) mass is 237 g/mol. The number of rotatable bonds is 2.